The van der Waals surface area contributed by atoms with E-state index in [2.05, 4.69) is 297 Å². The van der Waals surface area contributed by atoms with Gasteiger partial charge in [0.1, 0.15) is 16.1 Å². The van der Waals surface area contributed by atoms with Gasteiger partial charge in [-0.05, 0) is 198 Å². The van der Waals surface area contributed by atoms with Crippen molar-refractivity contribution in [1.29, 1.82) is 0 Å². The van der Waals surface area contributed by atoms with E-state index in [1.54, 1.807) is 20.7 Å². The fraction of sp³-hybridized carbons (Fsp3) is 0.119. The van der Waals surface area contributed by atoms with E-state index in [-0.39, 0.29) is 10.8 Å². The quantitative estimate of drug-likeness (QED) is 0.122. The van der Waals surface area contributed by atoms with Crippen LogP contribution in [0, 0.1) is 0 Å². The van der Waals surface area contributed by atoms with Crippen molar-refractivity contribution < 1.29 is 0 Å². The molecule has 2 aliphatic heterocycles. The fourth-order valence-corrected chi connectivity index (χ4v) is 26.1. The zero-order chi connectivity index (χ0) is 57.9. The highest BCUT2D eigenvalue weighted by Gasteiger charge is 2.49. The molecule has 0 radical (unpaired) electrons. The van der Waals surface area contributed by atoms with Gasteiger partial charge in [-0.2, -0.15) is 0 Å². The van der Waals surface area contributed by atoms with Gasteiger partial charge in [0.05, 0.1) is 0 Å². The predicted octanol–water partition coefficient (Wildman–Crippen LogP) is 20.3. The molecule has 4 aliphatic rings. The Kier molecular flexibility index (Phi) is 10.1. The standard InChI is InChI=1S/C84H64Si2/c1-83(2)69-35-21-19-23-53(69)55-41-37-49(45-71(55)83)75-57-25-9-13-29-61(57)77(62-30-14-10-26-58(62)75)51-39-43-67-73(47-51)85(5,6)81-79(67)65-33-17-18-34-66(65)80-68-44-40-52(48-74(68)86(7,8)82(80)81)78-63-31-15-11-27-59(63)76(60-28-12-16-32-64(60)78)50-38-42-56-54-24-20-22-36-70(54)84(3,4)72(56)46-50/h9-48H,1-8H3. The maximum absolute atomic E-state index is 2.67. The molecule has 14 aromatic rings. The second-order valence-electron chi connectivity index (χ2n) is 27.4. The lowest BCUT2D eigenvalue weighted by atomic mass is 9.80. The van der Waals surface area contributed by atoms with E-state index in [0.29, 0.717) is 0 Å². The van der Waals surface area contributed by atoms with Gasteiger partial charge < -0.3 is 0 Å². The Labute approximate surface area is 506 Å². The molecule has 2 heteroatoms. The number of benzene rings is 14. The van der Waals surface area contributed by atoms with Crippen LogP contribution < -0.4 is 20.7 Å². The van der Waals surface area contributed by atoms with Gasteiger partial charge in [-0.1, -0.05) is 284 Å². The van der Waals surface area contributed by atoms with Crippen molar-refractivity contribution >= 4 is 90.8 Å². The summed E-state index contributed by atoms with van der Waals surface area (Å²) in [7, 11) is -4.77. The van der Waals surface area contributed by atoms with Crippen LogP contribution in [0.4, 0.5) is 0 Å². The topological polar surface area (TPSA) is 0 Å². The third-order valence-corrected chi connectivity index (χ3v) is 28.8. The summed E-state index contributed by atoms with van der Waals surface area (Å²) in [4.78, 5) is 0. The summed E-state index contributed by atoms with van der Waals surface area (Å²) in [5.74, 6) is 0. The first-order valence-electron chi connectivity index (χ1n) is 31.0. The van der Waals surface area contributed by atoms with Gasteiger partial charge in [0, 0.05) is 10.8 Å². The van der Waals surface area contributed by atoms with Crippen LogP contribution in [0.2, 0.25) is 26.2 Å². The summed E-state index contributed by atoms with van der Waals surface area (Å²) in [5.41, 5.74) is 27.2. The Hall–Kier alpha value is -9.19. The van der Waals surface area contributed by atoms with Crippen molar-refractivity contribution in [3.8, 4) is 89.0 Å². The molecule has 0 aromatic heterocycles. The molecule has 0 spiro atoms. The third-order valence-electron chi connectivity index (χ3n) is 21.6. The maximum atomic E-state index is 2.67. The largest absolute Gasteiger partial charge is 0.113 e. The molecule has 0 saturated heterocycles. The van der Waals surface area contributed by atoms with Crippen LogP contribution in [0.15, 0.2) is 243 Å². The van der Waals surface area contributed by atoms with Gasteiger partial charge in [-0.25, -0.2) is 0 Å². The highest BCUT2D eigenvalue weighted by molar-refractivity contribution is 7.13. The van der Waals surface area contributed by atoms with Gasteiger partial charge in [0.25, 0.3) is 0 Å². The molecule has 86 heavy (non-hydrogen) atoms. The first kappa shape index (κ1) is 50.2. The van der Waals surface area contributed by atoms with E-state index >= 15 is 0 Å². The van der Waals surface area contributed by atoms with Gasteiger partial charge in [-0.15, -0.1) is 0 Å². The lowest BCUT2D eigenvalue weighted by molar-refractivity contribution is 0.660. The molecular weight excluding hydrogens is 1070 g/mol. The lowest BCUT2D eigenvalue weighted by Gasteiger charge is -2.29. The van der Waals surface area contributed by atoms with Crippen molar-refractivity contribution in [3.63, 3.8) is 0 Å². The second kappa shape index (κ2) is 17.3. The minimum atomic E-state index is -2.39. The zero-order valence-electron chi connectivity index (χ0n) is 50.1. The molecule has 0 nitrogen and oxygen atoms in total. The van der Waals surface area contributed by atoms with Crippen molar-refractivity contribution in [1.82, 2.24) is 0 Å². The Balaban J connectivity index is 0.788. The van der Waals surface area contributed by atoms with E-state index in [4.69, 9.17) is 0 Å². The summed E-state index contributed by atoms with van der Waals surface area (Å²) in [6, 6.07) is 94.2. The number of fused-ring (bicyclic) bond motifs is 20. The molecule has 408 valence electrons. The van der Waals surface area contributed by atoms with Crippen LogP contribution in [-0.4, -0.2) is 16.1 Å². The Morgan fingerprint density at radius 3 is 0.756 bits per heavy atom. The molecule has 0 saturated carbocycles. The van der Waals surface area contributed by atoms with Crippen LogP contribution in [0.1, 0.15) is 49.9 Å². The monoisotopic (exact) mass is 1130 g/mol. The SMILES string of the molecule is CC1(C)c2ccccc2-c2ccc(-c3c4ccccc4c(-c4ccc5c(c4)[Si](C)(C)c4c6c(c7ccccc7c4-5)-c4ccc(-c5c7ccccc7c(-c7ccc8c(c7)C(C)(C)c7ccccc7-8)c7ccccc57)cc4[Si]6(C)C)c4ccccc34)cc21. The molecule has 0 N–H and O–H groups in total. The highest BCUT2D eigenvalue weighted by atomic mass is 28.3. The maximum Gasteiger partial charge on any atom is 0.113 e. The van der Waals surface area contributed by atoms with Crippen molar-refractivity contribution in [2.24, 2.45) is 0 Å². The minimum absolute atomic E-state index is 0.0876. The molecule has 14 aromatic carbocycles. The Morgan fingerprint density at radius 2 is 0.453 bits per heavy atom. The van der Waals surface area contributed by atoms with Gasteiger partial charge in [0.2, 0.25) is 0 Å². The highest BCUT2D eigenvalue weighted by Crippen LogP contribution is 2.54. The number of hydrogen-bond donors (Lipinski definition) is 0. The fourth-order valence-electron chi connectivity index (χ4n) is 17.6. The van der Waals surface area contributed by atoms with Gasteiger partial charge >= 0.3 is 0 Å². The summed E-state index contributed by atoms with van der Waals surface area (Å²) >= 11 is 0. The minimum Gasteiger partial charge on any atom is -0.0619 e. The summed E-state index contributed by atoms with van der Waals surface area (Å²) < 4.78 is 0. The molecule has 0 atom stereocenters. The molecule has 2 aliphatic carbocycles. The molecule has 0 bridgehead atoms. The van der Waals surface area contributed by atoms with E-state index in [0.717, 1.165) is 0 Å². The molecule has 0 unspecified atom stereocenters. The van der Waals surface area contributed by atoms with Crippen molar-refractivity contribution in [3.05, 3.63) is 265 Å². The van der Waals surface area contributed by atoms with Crippen molar-refractivity contribution in [2.45, 2.75) is 64.7 Å². The van der Waals surface area contributed by atoms with Crippen LogP contribution in [-0.2, 0) is 10.8 Å². The van der Waals surface area contributed by atoms with Crippen LogP contribution in [0.25, 0.3) is 143 Å². The van der Waals surface area contributed by atoms with Crippen LogP contribution in [0.5, 0.6) is 0 Å². The van der Waals surface area contributed by atoms with Gasteiger partial charge in [0.15, 0.2) is 0 Å². The van der Waals surface area contributed by atoms with Crippen LogP contribution >= 0.6 is 0 Å². The number of hydrogen-bond acceptors (Lipinski definition) is 0. The third kappa shape index (κ3) is 6.43. The van der Waals surface area contributed by atoms with Crippen molar-refractivity contribution in [2.75, 3.05) is 0 Å². The first-order chi connectivity index (χ1) is 41.7. The van der Waals surface area contributed by atoms with Crippen LogP contribution in [0.3, 0.4) is 0 Å². The van der Waals surface area contributed by atoms with E-state index in [1.807, 2.05) is 0 Å². The summed E-state index contributed by atoms with van der Waals surface area (Å²) in [6.45, 7) is 20.3. The second-order valence-corrected chi connectivity index (χ2v) is 35.9. The summed E-state index contributed by atoms with van der Waals surface area (Å²) in [6.07, 6.45) is 0. The Bertz CT molecular complexity index is 4960. The smallest absolute Gasteiger partial charge is 0.0619 e. The average Bonchev–Trinajstić information content (AvgIpc) is 1.85. The molecular formula is C84H64Si2. The number of rotatable bonds is 4. The average molecular weight is 1130 g/mol. The normalized spacial score (nSPS) is 15.6. The van der Waals surface area contributed by atoms with E-state index in [9.17, 15) is 0 Å². The van der Waals surface area contributed by atoms with E-state index < -0.39 is 16.1 Å². The predicted molar refractivity (Wildman–Crippen MR) is 375 cm³/mol. The van der Waals surface area contributed by atoms with Gasteiger partial charge in [-0.3, -0.25) is 0 Å². The molecule has 0 fully saturated rings. The summed E-state index contributed by atoms with van der Waals surface area (Å²) in [5, 5.41) is 19.6. The molecule has 0 amide bonds. The molecule has 18 rings (SSSR count). The lowest BCUT2D eigenvalue weighted by Crippen LogP contribution is -2.63. The van der Waals surface area contributed by atoms with E-state index in [1.165, 1.54) is 165 Å². The first-order valence-corrected chi connectivity index (χ1v) is 37.0. The molecule has 2 heterocycles. The zero-order valence-corrected chi connectivity index (χ0v) is 52.1. The Morgan fingerprint density at radius 1 is 0.221 bits per heavy atom.